The smallest absolute Gasteiger partial charge is 0.195 e. The van der Waals surface area contributed by atoms with Crippen LogP contribution in [0.2, 0.25) is 0 Å². The zero-order chi connectivity index (χ0) is 19.6. The number of aliphatic imine (C=N–C) groups is 1. The predicted molar refractivity (Wildman–Crippen MR) is 116 cm³/mol. The number of hydrogen-bond acceptors (Lipinski definition) is 4. The third kappa shape index (κ3) is 7.02. The molecule has 0 atom stereocenters. The number of nitrogens with zero attached hydrogens (tertiary/aromatic N) is 1. The first-order valence-electron chi connectivity index (χ1n) is 8.43. The van der Waals surface area contributed by atoms with Crippen LogP contribution in [0.15, 0.2) is 41.4 Å². The van der Waals surface area contributed by atoms with Crippen LogP contribution in [0.5, 0.6) is 17.2 Å². The quantitative estimate of drug-likeness (QED) is 0.244. The Hall–Kier alpha value is -2.30. The molecule has 0 amide bonds. The second kappa shape index (κ2) is 12.2. The van der Waals surface area contributed by atoms with Crippen molar-refractivity contribution in [1.29, 1.82) is 0 Å². The van der Waals surface area contributed by atoms with Crippen LogP contribution >= 0.6 is 24.0 Å². The van der Waals surface area contributed by atoms with Gasteiger partial charge >= 0.3 is 0 Å². The van der Waals surface area contributed by atoms with Gasteiger partial charge in [-0.05, 0) is 31.2 Å². The van der Waals surface area contributed by atoms with Gasteiger partial charge in [-0.15, -0.1) is 24.0 Å². The van der Waals surface area contributed by atoms with Gasteiger partial charge in [0.15, 0.2) is 29.0 Å². The van der Waals surface area contributed by atoms with Crippen molar-refractivity contribution in [2.75, 3.05) is 39.2 Å². The number of guanidine groups is 1. The fourth-order valence-electron chi connectivity index (χ4n) is 2.26. The molecule has 0 aliphatic rings. The second-order valence-electron chi connectivity index (χ2n) is 5.35. The Morgan fingerprint density at radius 1 is 1.04 bits per heavy atom. The molecule has 154 valence electrons. The molecule has 0 heterocycles. The van der Waals surface area contributed by atoms with E-state index in [9.17, 15) is 8.78 Å². The molecular weight excluding hydrogens is 483 g/mol. The summed E-state index contributed by atoms with van der Waals surface area (Å²) in [5.74, 6) is 0.379. The number of benzene rings is 2. The zero-order valence-corrected chi connectivity index (χ0v) is 18.3. The van der Waals surface area contributed by atoms with Crippen LogP contribution in [-0.2, 0) is 0 Å². The summed E-state index contributed by atoms with van der Waals surface area (Å²) in [5, 5.41) is 6.16. The summed E-state index contributed by atoms with van der Waals surface area (Å²) in [5.41, 5.74) is 0.758. The van der Waals surface area contributed by atoms with E-state index >= 15 is 0 Å². The molecule has 0 aliphatic heterocycles. The van der Waals surface area contributed by atoms with E-state index in [1.165, 1.54) is 6.07 Å². The molecule has 0 spiro atoms. The minimum absolute atomic E-state index is 0. The molecule has 0 aromatic heterocycles. The molecule has 0 saturated heterocycles. The van der Waals surface area contributed by atoms with E-state index in [-0.39, 0.29) is 36.3 Å². The highest BCUT2D eigenvalue weighted by atomic mass is 127. The molecule has 0 bridgehead atoms. The zero-order valence-electron chi connectivity index (χ0n) is 15.9. The molecular formula is C19H24F2IN3O3. The molecule has 0 unspecified atom stereocenters. The number of nitrogens with one attached hydrogen (secondary N) is 2. The Balaban J connectivity index is 0.00000392. The molecule has 2 rings (SSSR count). The third-order valence-corrected chi connectivity index (χ3v) is 3.50. The molecule has 2 N–H and O–H groups in total. The van der Waals surface area contributed by atoms with E-state index in [2.05, 4.69) is 15.6 Å². The Morgan fingerprint density at radius 2 is 1.79 bits per heavy atom. The van der Waals surface area contributed by atoms with Gasteiger partial charge in [-0.2, -0.15) is 0 Å². The minimum atomic E-state index is -0.737. The molecule has 0 radical (unpaired) electrons. The van der Waals surface area contributed by atoms with Crippen molar-refractivity contribution in [3.63, 3.8) is 0 Å². The van der Waals surface area contributed by atoms with Crippen LogP contribution < -0.4 is 24.8 Å². The molecule has 9 heteroatoms. The molecule has 28 heavy (non-hydrogen) atoms. The third-order valence-electron chi connectivity index (χ3n) is 3.50. The van der Waals surface area contributed by atoms with Gasteiger partial charge in [0.25, 0.3) is 0 Å². The molecule has 0 fully saturated rings. The standard InChI is InChI=1S/C19H23F2N3O3.HI/c1-4-26-17-8-6-14(12-18(17)25-3)24-19(22-2)23-9-10-27-16-7-5-13(20)11-15(16)21;/h5-8,11-12H,4,9-10H2,1-3H3,(H2,22,23,24);1H. The molecule has 2 aromatic rings. The van der Waals surface area contributed by atoms with E-state index in [0.717, 1.165) is 17.8 Å². The van der Waals surface area contributed by atoms with Crippen molar-refractivity contribution in [2.24, 2.45) is 4.99 Å². The number of rotatable bonds is 8. The van der Waals surface area contributed by atoms with Crippen LogP contribution in [0, 0.1) is 11.6 Å². The fraction of sp³-hybridized carbons (Fsp3) is 0.316. The van der Waals surface area contributed by atoms with Crippen molar-refractivity contribution in [2.45, 2.75) is 6.92 Å². The number of ether oxygens (including phenoxy) is 3. The highest BCUT2D eigenvalue weighted by molar-refractivity contribution is 14.0. The maximum Gasteiger partial charge on any atom is 0.195 e. The van der Waals surface area contributed by atoms with Crippen molar-refractivity contribution < 1.29 is 23.0 Å². The highest BCUT2D eigenvalue weighted by Crippen LogP contribution is 2.30. The molecule has 2 aromatic carbocycles. The van der Waals surface area contributed by atoms with Crippen molar-refractivity contribution in [1.82, 2.24) is 5.32 Å². The SMILES string of the molecule is CCOc1ccc(NC(=NC)NCCOc2ccc(F)cc2F)cc1OC.I. The van der Waals surface area contributed by atoms with Gasteiger partial charge in [-0.25, -0.2) is 8.78 Å². The van der Waals surface area contributed by atoms with Crippen LogP contribution in [0.3, 0.4) is 0 Å². The summed E-state index contributed by atoms with van der Waals surface area (Å²) in [6.07, 6.45) is 0. The van der Waals surface area contributed by atoms with Gasteiger partial charge in [0.1, 0.15) is 12.4 Å². The number of methoxy groups -OCH3 is 1. The van der Waals surface area contributed by atoms with Crippen LogP contribution in [0.4, 0.5) is 14.5 Å². The number of anilines is 1. The van der Waals surface area contributed by atoms with Crippen molar-refractivity contribution in [3.05, 3.63) is 48.0 Å². The average molecular weight is 507 g/mol. The summed E-state index contributed by atoms with van der Waals surface area (Å²) in [6, 6.07) is 8.61. The summed E-state index contributed by atoms with van der Waals surface area (Å²) in [7, 11) is 3.20. The predicted octanol–water partition coefficient (Wildman–Crippen LogP) is 4.06. The lowest BCUT2D eigenvalue weighted by Gasteiger charge is -2.15. The Labute approximate surface area is 180 Å². The van der Waals surface area contributed by atoms with Crippen LogP contribution in [0.25, 0.3) is 0 Å². The summed E-state index contributed by atoms with van der Waals surface area (Å²) in [6.45, 7) is 2.98. The van der Waals surface area contributed by atoms with Gasteiger partial charge in [-0.1, -0.05) is 0 Å². The highest BCUT2D eigenvalue weighted by Gasteiger charge is 2.08. The van der Waals surface area contributed by atoms with E-state index in [1.54, 1.807) is 26.3 Å². The molecule has 6 nitrogen and oxygen atoms in total. The Bertz CT molecular complexity index is 791. The monoisotopic (exact) mass is 507 g/mol. The van der Waals surface area contributed by atoms with Crippen LogP contribution in [-0.4, -0.2) is 39.9 Å². The molecule has 0 saturated carbocycles. The Morgan fingerprint density at radius 3 is 2.43 bits per heavy atom. The number of halogens is 3. The average Bonchev–Trinajstić information content (AvgIpc) is 2.66. The maximum absolute atomic E-state index is 13.5. The van der Waals surface area contributed by atoms with Gasteiger partial charge < -0.3 is 24.8 Å². The maximum atomic E-state index is 13.5. The van der Waals surface area contributed by atoms with Gasteiger partial charge in [-0.3, -0.25) is 4.99 Å². The van der Waals surface area contributed by atoms with E-state index in [0.29, 0.717) is 30.6 Å². The first kappa shape index (κ1) is 23.7. The van der Waals surface area contributed by atoms with Gasteiger partial charge in [0, 0.05) is 24.9 Å². The lowest BCUT2D eigenvalue weighted by atomic mass is 10.2. The summed E-state index contributed by atoms with van der Waals surface area (Å²) >= 11 is 0. The minimum Gasteiger partial charge on any atom is -0.493 e. The summed E-state index contributed by atoms with van der Waals surface area (Å²) in [4.78, 5) is 4.11. The topological polar surface area (TPSA) is 64.1 Å². The summed E-state index contributed by atoms with van der Waals surface area (Å²) < 4.78 is 42.5. The lowest BCUT2D eigenvalue weighted by Crippen LogP contribution is -2.33. The number of hydrogen-bond donors (Lipinski definition) is 2. The Kier molecular flexibility index (Phi) is 10.4. The van der Waals surface area contributed by atoms with Gasteiger partial charge in [0.2, 0.25) is 0 Å². The largest absolute Gasteiger partial charge is 0.493 e. The van der Waals surface area contributed by atoms with E-state index in [4.69, 9.17) is 14.2 Å². The first-order chi connectivity index (χ1) is 13.1. The van der Waals surface area contributed by atoms with E-state index in [1.807, 2.05) is 13.0 Å². The van der Waals surface area contributed by atoms with Crippen LogP contribution in [0.1, 0.15) is 6.92 Å². The lowest BCUT2D eigenvalue weighted by molar-refractivity contribution is 0.305. The normalized spacial score (nSPS) is 10.7. The fourth-order valence-corrected chi connectivity index (χ4v) is 2.26. The molecule has 0 aliphatic carbocycles. The van der Waals surface area contributed by atoms with E-state index < -0.39 is 11.6 Å². The van der Waals surface area contributed by atoms with Crippen molar-refractivity contribution >= 4 is 35.6 Å². The first-order valence-corrected chi connectivity index (χ1v) is 8.43. The van der Waals surface area contributed by atoms with Gasteiger partial charge in [0.05, 0.1) is 20.3 Å². The second-order valence-corrected chi connectivity index (χ2v) is 5.35. The van der Waals surface area contributed by atoms with Crippen molar-refractivity contribution in [3.8, 4) is 17.2 Å².